The predicted octanol–water partition coefficient (Wildman–Crippen LogP) is 12.7. The number of benzene rings is 2. The molecule has 0 saturated carbocycles. The number of halogens is 2. The number of fused-ring (bicyclic) bond motifs is 2. The predicted molar refractivity (Wildman–Crippen MR) is 253 cm³/mol. The summed E-state index contributed by atoms with van der Waals surface area (Å²) in [5, 5.41) is 13.5. The second-order valence-corrected chi connectivity index (χ2v) is 19.3. The molecule has 0 aliphatic carbocycles. The molecule has 8 nitrogen and oxygen atoms in total. The molecule has 0 amide bonds. The standard InChI is InChI=1S/C24H21ClO3S2.C15H14ClNO2S.C8H8O2S/c1-14-9-10-29-21(14)6-4-18(27)3-5-19-12-17-11-16(13-20(25)24(17)28-19)23-8-7-22(30-23)15(2)26;1-8(18)13-2-3-14(20-13)9-4-10-5-11(7-17)19-15(10)12(16)6-9;1-6-4-5-11-7(6)2-3-8(9)10/h4,6-11,13,19H,3,5,12H2,1-2H3;2-4,6,11H,5,7,17H2,1H3;2-5H,1H3,(H,9,10)/b6-4+;;3-2+. The van der Waals surface area contributed by atoms with Crippen molar-refractivity contribution < 1.29 is 33.8 Å². The maximum absolute atomic E-state index is 12.3. The van der Waals surface area contributed by atoms with Crippen LogP contribution in [0.15, 0.2) is 83.6 Å². The van der Waals surface area contributed by atoms with Crippen LogP contribution in [0.2, 0.25) is 10.0 Å². The van der Waals surface area contributed by atoms with E-state index >= 15 is 0 Å². The molecule has 14 heteroatoms. The van der Waals surface area contributed by atoms with Crippen LogP contribution in [0.5, 0.6) is 11.5 Å². The smallest absolute Gasteiger partial charge is 0.328 e. The van der Waals surface area contributed by atoms with E-state index in [4.69, 9.17) is 43.5 Å². The lowest BCUT2D eigenvalue weighted by atomic mass is 10.0. The molecular weight excluding hydrogens is 890 g/mol. The van der Waals surface area contributed by atoms with Crippen molar-refractivity contribution in [2.24, 2.45) is 5.73 Å². The second kappa shape index (κ2) is 20.9. The first-order valence-corrected chi connectivity index (χ1v) is 23.4. The van der Waals surface area contributed by atoms with E-state index in [1.54, 1.807) is 48.7 Å². The summed E-state index contributed by atoms with van der Waals surface area (Å²) in [4.78, 5) is 51.0. The lowest BCUT2D eigenvalue weighted by Crippen LogP contribution is -2.24. The number of rotatable bonds is 12. The van der Waals surface area contributed by atoms with E-state index in [1.165, 1.54) is 28.2 Å². The highest BCUT2D eigenvalue weighted by atomic mass is 35.5. The fourth-order valence-electron chi connectivity index (χ4n) is 6.53. The molecule has 0 bridgehead atoms. The van der Waals surface area contributed by atoms with Gasteiger partial charge < -0.3 is 20.3 Å². The number of Topliss-reactive ketones (excluding diaryl/α,β-unsaturated/α-hetero) is 2. The van der Waals surface area contributed by atoms with Crippen molar-refractivity contribution in [3.8, 4) is 32.4 Å². The van der Waals surface area contributed by atoms with Gasteiger partial charge in [0.05, 0.1) is 19.8 Å². The van der Waals surface area contributed by atoms with Crippen LogP contribution < -0.4 is 15.2 Å². The van der Waals surface area contributed by atoms with Gasteiger partial charge in [-0.15, -0.1) is 45.3 Å². The van der Waals surface area contributed by atoms with Gasteiger partial charge in [0.15, 0.2) is 17.3 Å². The van der Waals surface area contributed by atoms with Crippen LogP contribution in [0.4, 0.5) is 0 Å². The van der Waals surface area contributed by atoms with Crippen molar-refractivity contribution in [2.75, 3.05) is 6.54 Å². The average Bonchev–Trinajstić information content (AvgIpc) is 4.08. The van der Waals surface area contributed by atoms with E-state index in [9.17, 15) is 19.2 Å². The van der Waals surface area contributed by atoms with E-state index in [1.807, 2.05) is 79.2 Å². The maximum atomic E-state index is 12.3. The Labute approximate surface area is 380 Å². The first-order valence-electron chi connectivity index (χ1n) is 19.3. The maximum Gasteiger partial charge on any atom is 0.328 e. The molecule has 8 rings (SSSR count). The Hall–Kier alpha value is -4.66. The van der Waals surface area contributed by atoms with Gasteiger partial charge in [0.2, 0.25) is 0 Å². The lowest BCUT2D eigenvalue weighted by Gasteiger charge is -2.10. The number of aliphatic carboxylic acids is 1. The van der Waals surface area contributed by atoms with Crippen LogP contribution >= 0.6 is 68.5 Å². The molecule has 6 heterocycles. The van der Waals surface area contributed by atoms with Crippen LogP contribution in [0, 0.1) is 13.8 Å². The third-order valence-corrected chi connectivity index (χ3v) is 14.8. The number of carboxylic acid groups (broad SMARTS) is 1. The molecule has 6 aromatic rings. The van der Waals surface area contributed by atoms with E-state index in [-0.39, 0.29) is 29.6 Å². The summed E-state index contributed by atoms with van der Waals surface area (Å²) >= 11 is 18.9. The number of nitrogens with two attached hydrogens (primary N) is 1. The van der Waals surface area contributed by atoms with Gasteiger partial charge in [0, 0.05) is 62.5 Å². The fourth-order valence-corrected chi connectivity index (χ4v) is 10.5. The molecule has 2 aromatic carbocycles. The van der Waals surface area contributed by atoms with Crippen LogP contribution in [-0.2, 0) is 22.4 Å². The number of carbonyl (C=O) groups excluding carboxylic acids is 3. The largest absolute Gasteiger partial charge is 0.488 e. The number of carboxylic acids is 1. The zero-order chi connectivity index (χ0) is 43.8. The summed E-state index contributed by atoms with van der Waals surface area (Å²) in [6.45, 7) is 7.62. The molecule has 0 spiro atoms. The number of hydrogen-bond donors (Lipinski definition) is 2. The molecule has 2 aliphatic heterocycles. The highest BCUT2D eigenvalue weighted by molar-refractivity contribution is 7.17. The van der Waals surface area contributed by atoms with Gasteiger partial charge in [0.1, 0.15) is 23.7 Å². The van der Waals surface area contributed by atoms with Gasteiger partial charge in [0.25, 0.3) is 0 Å². The highest BCUT2D eigenvalue weighted by Gasteiger charge is 2.27. The summed E-state index contributed by atoms with van der Waals surface area (Å²) in [6.07, 6.45) is 8.89. The molecule has 0 saturated heterocycles. The Morgan fingerprint density at radius 1 is 0.721 bits per heavy atom. The number of hydrogen-bond acceptors (Lipinski definition) is 11. The summed E-state index contributed by atoms with van der Waals surface area (Å²) in [7, 11) is 0. The summed E-state index contributed by atoms with van der Waals surface area (Å²) in [6, 6.07) is 19.5. The average molecular weight is 933 g/mol. The van der Waals surface area contributed by atoms with Gasteiger partial charge >= 0.3 is 5.97 Å². The summed E-state index contributed by atoms with van der Waals surface area (Å²) in [5.74, 6) is 0.803. The van der Waals surface area contributed by atoms with Gasteiger partial charge in [-0.1, -0.05) is 23.2 Å². The Morgan fingerprint density at radius 3 is 1.62 bits per heavy atom. The lowest BCUT2D eigenvalue weighted by molar-refractivity contribution is -0.131. The SMILES string of the molecule is CC(=O)c1ccc(-c2cc(Cl)c3c(c2)CC(CCC(=O)/C=C/c2sccc2C)O3)s1.CC(=O)c1ccc(-c2cc(Cl)c3c(c2)CC(CN)O3)s1.Cc1ccsc1/C=C/C(=O)O. The van der Waals surface area contributed by atoms with Crippen molar-refractivity contribution >= 4 is 104 Å². The molecule has 2 aliphatic rings. The Bertz CT molecular complexity index is 2630. The summed E-state index contributed by atoms with van der Waals surface area (Å²) in [5.41, 5.74) is 12.1. The van der Waals surface area contributed by atoms with Crippen LogP contribution in [-0.4, -0.2) is 47.2 Å². The van der Waals surface area contributed by atoms with E-state index in [0.29, 0.717) is 35.2 Å². The van der Waals surface area contributed by atoms with Crippen LogP contribution in [0.25, 0.3) is 33.0 Å². The Morgan fingerprint density at radius 2 is 1.20 bits per heavy atom. The van der Waals surface area contributed by atoms with Crippen molar-refractivity contribution in [1.82, 2.24) is 0 Å². The quantitative estimate of drug-likeness (QED) is 0.0915. The van der Waals surface area contributed by atoms with E-state index < -0.39 is 5.97 Å². The molecule has 3 N–H and O–H groups in total. The minimum absolute atomic E-state index is 0.00821. The minimum atomic E-state index is -0.905. The number of ether oxygens (including phenoxy) is 2. The molecule has 0 fully saturated rings. The molecule has 2 unspecified atom stereocenters. The van der Waals surface area contributed by atoms with E-state index in [2.05, 4.69) is 12.1 Å². The van der Waals surface area contributed by atoms with Gasteiger partial charge in [-0.2, -0.15) is 0 Å². The number of ketones is 3. The number of thiophene rings is 4. The molecule has 2 atom stereocenters. The molecule has 0 radical (unpaired) electrons. The Balaban J connectivity index is 0.000000172. The zero-order valence-corrected chi connectivity index (χ0v) is 38.6. The van der Waals surface area contributed by atoms with Crippen LogP contribution in [0.1, 0.15) is 78.0 Å². The molecule has 316 valence electrons. The van der Waals surface area contributed by atoms with Crippen molar-refractivity contribution in [2.45, 2.75) is 65.6 Å². The molecule has 61 heavy (non-hydrogen) atoms. The zero-order valence-electron chi connectivity index (χ0n) is 33.8. The summed E-state index contributed by atoms with van der Waals surface area (Å²) < 4.78 is 11.7. The minimum Gasteiger partial charge on any atom is -0.488 e. The van der Waals surface area contributed by atoms with Crippen molar-refractivity contribution in [1.29, 1.82) is 0 Å². The topological polar surface area (TPSA) is 133 Å². The van der Waals surface area contributed by atoms with Crippen LogP contribution in [0.3, 0.4) is 0 Å². The normalized spacial score (nSPS) is 15.0. The molecule has 4 aromatic heterocycles. The van der Waals surface area contributed by atoms with Gasteiger partial charge in [-0.05, 0) is 146 Å². The number of aryl methyl sites for hydroxylation is 2. The van der Waals surface area contributed by atoms with Gasteiger partial charge in [-0.25, -0.2) is 4.79 Å². The van der Waals surface area contributed by atoms with Crippen molar-refractivity contribution in [3.05, 3.63) is 135 Å². The third-order valence-electron chi connectivity index (χ3n) is 9.76. The monoisotopic (exact) mass is 931 g/mol. The molecular formula is C47H43Cl2NO7S4. The third kappa shape index (κ3) is 12.0. The second-order valence-electron chi connectivity index (χ2n) is 14.4. The van der Waals surface area contributed by atoms with E-state index in [0.717, 1.165) is 81.7 Å². The first kappa shape index (κ1) is 45.9. The number of carbonyl (C=O) groups is 4. The first-order chi connectivity index (χ1) is 29.2. The van der Waals surface area contributed by atoms with Gasteiger partial charge in [-0.3, -0.25) is 14.4 Å². The highest BCUT2D eigenvalue weighted by Crippen LogP contribution is 2.43. The fraction of sp³-hybridized carbons (Fsp3) is 0.234. The number of allylic oxidation sites excluding steroid dienone is 1. The Kier molecular flexibility index (Phi) is 15.7. The van der Waals surface area contributed by atoms with Crippen molar-refractivity contribution in [3.63, 3.8) is 0 Å².